The lowest BCUT2D eigenvalue weighted by molar-refractivity contribution is -0.214. The Morgan fingerprint density at radius 1 is 1.04 bits per heavy atom. The van der Waals surface area contributed by atoms with Gasteiger partial charge in [0, 0.05) is 25.1 Å². The van der Waals surface area contributed by atoms with Gasteiger partial charge in [-0.2, -0.15) is 0 Å². The molecule has 5 N–H and O–H groups in total. The van der Waals surface area contributed by atoms with Crippen LogP contribution >= 0.6 is 0 Å². The van der Waals surface area contributed by atoms with Crippen molar-refractivity contribution in [1.82, 2.24) is 4.90 Å². The monoisotopic (exact) mass is 660 g/mol. The molecule has 266 valence electrons. The van der Waals surface area contributed by atoms with E-state index in [1.165, 1.54) is 4.90 Å². The minimum atomic E-state index is -1.08. The van der Waals surface area contributed by atoms with Crippen molar-refractivity contribution in [2.45, 2.75) is 142 Å². The van der Waals surface area contributed by atoms with E-state index < -0.39 is 47.4 Å². The highest BCUT2D eigenvalue weighted by molar-refractivity contribution is 5.76. The number of rotatable bonds is 6. The van der Waals surface area contributed by atoms with Crippen molar-refractivity contribution in [2.24, 2.45) is 62.9 Å². The van der Waals surface area contributed by atoms with E-state index in [-0.39, 0.29) is 64.7 Å². The number of aliphatic carboxylic acids is 1. The molecule has 0 aromatic heterocycles. The highest BCUT2D eigenvalue weighted by atomic mass is 16.6. The fourth-order valence-corrected chi connectivity index (χ4v) is 14.0. The molecule has 0 radical (unpaired) electrons. The van der Waals surface area contributed by atoms with Crippen molar-refractivity contribution in [3.05, 3.63) is 0 Å². The number of amides is 1. The summed E-state index contributed by atoms with van der Waals surface area (Å²) in [7, 11) is 0. The predicted octanol–water partition coefficient (Wildman–Crippen LogP) is 4.43. The first-order valence-corrected chi connectivity index (χ1v) is 18.5. The summed E-state index contributed by atoms with van der Waals surface area (Å²) >= 11 is 0. The third-order valence-electron chi connectivity index (χ3n) is 16.0. The molecule has 2 heterocycles. The summed E-state index contributed by atoms with van der Waals surface area (Å²) in [5, 5.41) is 32.8. The molecule has 2 saturated heterocycles. The summed E-state index contributed by atoms with van der Waals surface area (Å²) < 4.78 is 19.1. The van der Waals surface area contributed by atoms with Gasteiger partial charge in [-0.15, -0.1) is 0 Å². The largest absolute Gasteiger partial charge is 0.481 e. The van der Waals surface area contributed by atoms with Gasteiger partial charge in [-0.3, -0.25) is 4.79 Å². The summed E-state index contributed by atoms with van der Waals surface area (Å²) in [5.41, 5.74) is 5.51. The summed E-state index contributed by atoms with van der Waals surface area (Å²) in [6.45, 7) is 18.0. The van der Waals surface area contributed by atoms with Gasteiger partial charge in [-0.25, -0.2) is 4.79 Å². The molecule has 47 heavy (non-hydrogen) atoms. The van der Waals surface area contributed by atoms with Crippen LogP contribution in [0.25, 0.3) is 0 Å². The Hall–Kier alpha value is -1.46. The Balaban J connectivity index is 1.15. The zero-order valence-corrected chi connectivity index (χ0v) is 29.8. The number of carbonyl (C=O) groups excluding carboxylic acids is 1. The van der Waals surface area contributed by atoms with Crippen LogP contribution in [0.2, 0.25) is 0 Å². The Labute approximate surface area is 280 Å². The summed E-state index contributed by atoms with van der Waals surface area (Å²) in [6.07, 6.45) is 3.81. The van der Waals surface area contributed by atoms with Crippen LogP contribution in [0.1, 0.15) is 100 Å². The Morgan fingerprint density at radius 3 is 2.30 bits per heavy atom. The number of carboxylic acid groups (broad SMARTS) is 1. The maximum absolute atomic E-state index is 13.1. The van der Waals surface area contributed by atoms with E-state index in [4.69, 9.17) is 19.9 Å². The van der Waals surface area contributed by atoms with Crippen molar-refractivity contribution in [2.75, 3.05) is 19.7 Å². The van der Waals surface area contributed by atoms with Crippen LogP contribution in [0.3, 0.4) is 0 Å². The van der Waals surface area contributed by atoms with E-state index in [0.29, 0.717) is 18.4 Å². The maximum atomic E-state index is 13.1. The lowest BCUT2D eigenvalue weighted by Gasteiger charge is -2.63. The Bertz CT molecular complexity index is 1300. The molecule has 7 aliphatic rings. The molecule has 14 unspecified atom stereocenters. The van der Waals surface area contributed by atoms with Gasteiger partial charge in [0.25, 0.3) is 0 Å². The molecule has 0 bridgehead atoms. The van der Waals surface area contributed by atoms with Crippen molar-refractivity contribution in [3.8, 4) is 0 Å². The minimum absolute atomic E-state index is 0.0284. The summed E-state index contributed by atoms with van der Waals surface area (Å²) in [6, 6.07) is 0. The first-order chi connectivity index (χ1) is 21.8. The molecule has 7 rings (SSSR count). The smallest absolute Gasteiger partial charge is 0.410 e. The van der Waals surface area contributed by atoms with E-state index in [0.717, 1.165) is 44.9 Å². The van der Waals surface area contributed by atoms with Crippen LogP contribution in [0.4, 0.5) is 4.79 Å². The second-order valence-corrected chi connectivity index (χ2v) is 18.4. The van der Waals surface area contributed by atoms with Gasteiger partial charge >= 0.3 is 12.1 Å². The zero-order chi connectivity index (χ0) is 34.3. The predicted molar refractivity (Wildman–Crippen MR) is 174 cm³/mol. The SMILES string of the molecule is CCOC(C1CC(C)C2C(O1)C(O)C1(N)C3CCC4C(C)(C)C(OC(=O)N5CC(C(=O)O)C5)CCC45C(C)C35CCC21C)C(C)(C)O. The van der Waals surface area contributed by atoms with Crippen molar-refractivity contribution < 1.29 is 39.1 Å². The van der Waals surface area contributed by atoms with Crippen LogP contribution in [0.5, 0.6) is 0 Å². The quantitative estimate of drug-likeness (QED) is 0.324. The van der Waals surface area contributed by atoms with E-state index in [1.54, 1.807) is 13.8 Å². The second kappa shape index (κ2) is 10.5. The number of likely N-dealkylation sites (tertiary alicyclic amines) is 1. The average Bonchev–Trinajstić information content (AvgIpc) is 3.42. The second-order valence-electron chi connectivity index (χ2n) is 18.4. The number of aliphatic hydroxyl groups is 2. The molecule has 5 aliphatic carbocycles. The number of nitrogens with two attached hydrogens (primary N) is 1. The molecule has 1 amide bonds. The lowest BCUT2D eigenvalue weighted by atomic mass is 9.43. The lowest BCUT2D eigenvalue weighted by Crippen LogP contribution is -2.70. The topological polar surface area (TPSA) is 152 Å². The van der Waals surface area contributed by atoms with Crippen molar-refractivity contribution >= 4 is 12.1 Å². The molecular formula is C37H60N2O8. The first-order valence-electron chi connectivity index (χ1n) is 18.5. The van der Waals surface area contributed by atoms with Crippen LogP contribution in [-0.4, -0.2) is 93.6 Å². The number of carboxylic acids is 1. The first kappa shape index (κ1) is 34.0. The maximum Gasteiger partial charge on any atom is 0.410 e. The van der Waals surface area contributed by atoms with Crippen LogP contribution in [0.15, 0.2) is 0 Å². The molecule has 10 heteroatoms. The van der Waals surface area contributed by atoms with Crippen molar-refractivity contribution in [3.63, 3.8) is 0 Å². The molecule has 5 saturated carbocycles. The molecule has 14 atom stereocenters. The Morgan fingerprint density at radius 2 is 1.68 bits per heavy atom. The van der Waals surface area contributed by atoms with Gasteiger partial charge in [0.05, 0.1) is 35.4 Å². The Kier molecular flexibility index (Phi) is 7.62. The molecule has 10 nitrogen and oxygen atoms in total. The van der Waals surface area contributed by atoms with Gasteiger partial charge in [0.15, 0.2) is 0 Å². The third-order valence-corrected chi connectivity index (χ3v) is 16.0. The van der Waals surface area contributed by atoms with E-state index >= 15 is 0 Å². The fraction of sp³-hybridized carbons (Fsp3) is 0.946. The fourth-order valence-electron chi connectivity index (χ4n) is 14.0. The number of hydrogen-bond acceptors (Lipinski definition) is 8. The molecule has 0 aromatic rings. The van der Waals surface area contributed by atoms with E-state index in [9.17, 15) is 24.9 Å². The molecular weight excluding hydrogens is 600 g/mol. The van der Waals surface area contributed by atoms with Gasteiger partial charge < -0.3 is 40.2 Å². The highest BCUT2D eigenvalue weighted by Gasteiger charge is 2.88. The van der Waals surface area contributed by atoms with Crippen LogP contribution in [-0.2, 0) is 19.0 Å². The molecule has 2 spiro atoms. The highest BCUT2D eigenvalue weighted by Crippen LogP contribution is 2.90. The molecule has 7 fully saturated rings. The molecule has 2 aliphatic heterocycles. The number of hydrogen-bond donors (Lipinski definition) is 4. The van der Waals surface area contributed by atoms with Gasteiger partial charge in [-0.1, -0.05) is 34.6 Å². The summed E-state index contributed by atoms with van der Waals surface area (Å²) in [4.78, 5) is 25.9. The number of carbonyl (C=O) groups is 2. The van der Waals surface area contributed by atoms with Crippen molar-refractivity contribution in [1.29, 1.82) is 0 Å². The van der Waals surface area contributed by atoms with Crippen LogP contribution in [0, 0.1) is 57.2 Å². The van der Waals surface area contributed by atoms with Gasteiger partial charge in [-0.05, 0) is 112 Å². The number of aliphatic hydroxyl groups excluding tert-OH is 1. The number of nitrogens with zero attached hydrogens (tertiary/aromatic N) is 1. The average molecular weight is 661 g/mol. The zero-order valence-electron chi connectivity index (χ0n) is 29.8. The normalized spacial score (nSPS) is 50.5. The molecule has 0 aromatic carbocycles. The third kappa shape index (κ3) is 4.14. The standard InChI is InChI=1S/C37H60N2O8/c1-9-45-29(33(6,7)44)22-16-19(2)26-27(46-22)28(40)37(38)24-11-10-23-32(4,5)25(47-31(43)39-17-21(18-39)30(41)42)12-13-35(23)20(3)36(24,35)15-14-34(26,37)8/h19-29,40,44H,9-18,38H2,1-8H3,(H,41,42). The minimum Gasteiger partial charge on any atom is -0.481 e. The number of ether oxygens (including phenoxy) is 3. The van der Waals surface area contributed by atoms with Gasteiger partial charge in [0.2, 0.25) is 0 Å². The van der Waals surface area contributed by atoms with E-state index in [1.807, 2.05) is 6.92 Å². The number of fused-ring (bicyclic) bond motifs is 4. The van der Waals surface area contributed by atoms with Crippen LogP contribution < -0.4 is 5.73 Å². The van der Waals surface area contributed by atoms with E-state index in [2.05, 4.69) is 34.6 Å². The summed E-state index contributed by atoms with van der Waals surface area (Å²) in [5.74, 6) is -0.00778. The van der Waals surface area contributed by atoms with Gasteiger partial charge in [0.1, 0.15) is 12.2 Å².